The molecular formula is C15H18BrF2N. The summed E-state index contributed by atoms with van der Waals surface area (Å²) in [7, 11) is 0. The van der Waals surface area contributed by atoms with Crippen molar-refractivity contribution in [1.29, 1.82) is 0 Å². The summed E-state index contributed by atoms with van der Waals surface area (Å²) in [6, 6.07) is 2.77. The van der Waals surface area contributed by atoms with Crippen molar-refractivity contribution < 1.29 is 8.78 Å². The highest BCUT2D eigenvalue weighted by Gasteiger charge is 2.34. The van der Waals surface area contributed by atoms with Crippen LogP contribution in [0.3, 0.4) is 0 Å². The predicted molar refractivity (Wildman–Crippen MR) is 76.2 cm³/mol. The van der Waals surface area contributed by atoms with Crippen molar-refractivity contribution in [3.63, 3.8) is 0 Å². The molecular weight excluding hydrogens is 312 g/mol. The van der Waals surface area contributed by atoms with Crippen molar-refractivity contribution in [2.75, 3.05) is 5.32 Å². The minimum Gasteiger partial charge on any atom is -0.380 e. The summed E-state index contributed by atoms with van der Waals surface area (Å²) in [6.45, 7) is 0. The zero-order valence-electron chi connectivity index (χ0n) is 10.8. The Kier molecular flexibility index (Phi) is 3.79. The van der Waals surface area contributed by atoms with Crippen LogP contribution in [0, 0.1) is 23.5 Å². The summed E-state index contributed by atoms with van der Waals surface area (Å²) < 4.78 is 27.2. The lowest BCUT2D eigenvalue weighted by atomic mass is 9.82. The van der Waals surface area contributed by atoms with Gasteiger partial charge < -0.3 is 5.32 Å². The van der Waals surface area contributed by atoms with E-state index in [-0.39, 0.29) is 0 Å². The fourth-order valence-electron chi connectivity index (χ4n) is 3.21. The molecule has 2 unspecified atom stereocenters. The number of nitrogens with one attached hydrogen (secondary N) is 1. The molecule has 1 nitrogen and oxygen atoms in total. The molecule has 19 heavy (non-hydrogen) atoms. The molecule has 2 saturated carbocycles. The molecule has 0 aromatic heterocycles. The van der Waals surface area contributed by atoms with Gasteiger partial charge in [-0.2, -0.15) is 0 Å². The van der Waals surface area contributed by atoms with E-state index >= 15 is 0 Å². The summed E-state index contributed by atoms with van der Waals surface area (Å²) in [6.07, 6.45) is 7.47. The Morgan fingerprint density at radius 2 is 1.79 bits per heavy atom. The Morgan fingerprint density at radius 3 is 2.53 bits per heavy atom. The Hall–Kier alpha value is -0.640. The van der Waals surface area contributed by atoms with Gasteiger partial charge in [0.15, 0.2) is 0 Å². The largest absolute Gasteiger partial charge is 0.380 e. The lowest BCUT2D eigenvalue weighted by molar-refractivity contribution is 0.302. The van der Waals surface area contributed by atoms with Crippen molar-refractivity contribution in [3.8, 4) is 0 Å². The first kappa shape index (κ1) is 13.3. The van der Waals surface area contributed by atoms with Gasteiger partial charge in [0.05, 0.1) is 10.2 Å². The second-order valence-electron chi connectivity index (χ2n) is 5.85. The molecule has 2 aliphatic carbocycles. The van der Waals surface area contributed by atoms with E-state index in [9.17, 15) is 8.78 Å². The average Bonchev–Trinajstić information content (AvgIpc) is 3.20. The van der Waals surface area contributed by atoms with Crippen LogP contribution in [0.1, 0.15) is 38.5 Å². The molecule has 2 atom stereocenters. The molecule has 2 aliphatic rings. The van der Waals surface area contributed by atoms with E-state index < -0.39 is 11.6 Å². The summed E-state index contributed by atoms with van der Waals surface area (Å²) in [5.74, 6) is 0.657. The number of halogens is 3. The molecule has 3 rings (SSSR count). The van der Waals surface area contributed by atoms with Crippen LogP contribution in [0.2, 0.25) is 0 Å². The van der Waals surface area contributed by atoms with Crippen LogP contribution in [-0.2, 0) is 0 Å². The maximum absolute atomic E-state index is 13.7. The average molecular weight is 330 g/mol. The molecule has 4 heteroatoms. The monoisotopic (exact) mass is 329 g/mol. The van der Waals surface area contributed by atoms with Gasteiger partial charge in [0.2, 0.25) is 0 Å². The molecule has 0 aliphatic heterocycles. The molecule has 1 aromatic carbocycles. The summed E-state index contributed by atoms with van der Waals surface area (Å²) >= 11 is 3.11. The van der Waals surface area contributed by atoms with Crippen LogP contribution in [0.15, 0.2) is 16.6 Å². The van der Waals surface area contributed by atoms with Crippen LogP contribution in [0.5, 0.6) is 0 Å². The molecule has 104 valence electrons. The number of hydrogen-bond acceptors (Lipinski definition) is 1. The second-order valence-corrected chi connectivity index (χ2v) is 6.71. The molecule has 0 heterocycles. The van der Waals surface area contributed by atoms with Gasteiger partial charge in [0.25, 0.3) is 0 Å². The van der Waals surface area contributed by atoms with Gasteiger partial charge in [-0.1, -0.05) is 12.8 Å². The standard InChI is InChI=1S/C15H18BrF2N/c16-12-7-15(14(18)8-13(12)17)19-11-3-1-2-10(6-11)9-4-5-9/h7-11,19H,1-6H2. The van der Waals surface area contributed by atoms with Crippen LogP contribution >= 0.6 is 15.9 Å². The first-order valence-corrected chi connectivity index (χ1v) is 7.84. The quantitative estimate of drug-likeness (QED) is 0.760. The Balaban J connectivity index is 1.68. The van der Waals surface area contributed by atoms with E-state index in [4.69, 9.17) is 0 Å². The van der Waals surface area contributed by atoms with E-state index in [2.05, 4.69) is 21.2 Å². The topological polar surface area (TPSA) is 12.0 Å². The molecule has 1 aromatic rings. The summed E-state index contributed by atoms with van der Waals surface area (Å²) in [4.78, 5) is 0. The van der Waals surface area contributed by atoms with E-state index in [1.807, 2.05) is 0 Å². The van der Waals surface area contributed by atoms with E-state index in [0.717, 1.165) is 30.7 Å². The zero-order valence-corrected chi connectivity index (χ0v) is 12.3. The molecule has 0 spiro atoms. The van der Waals surface area contributed by atoms with Gasteiger partial charge >= 0.3 is 0 Å². The lowest BCUT2D eigenvalue weighted by Crippen LogP contribution is -2.28. The van der Waals surface area contributed by atoms with E-state index in [1.165, 1.54) is 31.7 Å². The van der Waals surface area contributed by atoms with Crippen LogP contribution < -0.4 is 5.32 Å². The zero-order chi connectivity index (χ0) is 13.4. The number of hydrogen-bond donors (Lipinski definition) is 1. The van der Waals surface area contributed by atoms with Crippen molar-refractivity contribution in [2.24, 2.45) is 11.8 Å². The summed E-state index contributed by atoms with van der Waals surface area (Å²) in [5, 5.41) is 3.26. The van der Waals surface area contributed by atoms with Gasteiger partial charge in [0, 0.05) is 12.1 Å². The Labute approximate surface area is 120 Å². The smallest absolute Gasteiger partial charge is 0.149 e. The number of anilines is 1. The van der Waals surface area contributed by atoms with Crippen molar-refractivity contribution in [3.05, 3.63) is 28.2 Å². The van der Waals surface area contributed by atoms with Crippen LogP contribution in [0.25, 0.3) is 0 Å². The number of rotatable bonds is 3. The fraction of sp³-hybridized carbons (Fsp3) is 0.600. The third-order valence-electron chi connectivity index (χ3n) is 4.37. The van der Waals surface area contributed by atoms with Crippen LogP contribution in [0.4, 0.5) is 14.5 Å². The molecule has 2 fully saturated rings. The highest BCUT2D eigenvalue weighted by Crippen LogP contribution is 2.44. The van der Waals surface area contributed by atoms with Gasteiger partial charge in [-0.3, -0.25) is 0 Å². The van der Waals surface area contributed by atoms with Crippen molar-refractivity contribution in [2.45, 2.75) is 44.6 Å². The first-order valence-electron chi connectivity index (χ1n) is 7.04. The Morgan fingerprint density at radius 1 is 1.00 bits per heavy atom. The second kappa shape index (κ2) is 5.39. The third-order valence-corrected chi connectivity index (χ3v) is 4.98. The maximum Gasteiger partial charge on any atom is 0.149 e. The van der Waals surface area contributed by atoms with Gasteiger partial charge in [-0.25, -0.2) is 8.78 Å². The molecule has 0 radical (unpaired) electrons. The highest BCUT2D eigenvalue weighted by atomic mass is 79.9. The van der Waals surface area contributed by atoms with Crippen LogP contribution in [-0.4, -0.2) is 6.04 Å². The highest BCUT2D eigenvalue weighted by molar-refractivity contribution is 9.10. The van der Waals surface area contributed by atoms with Gasteiger partial charge in [-0.05, 0) is 59.5 Å². The van der Waals surface area contributed by atoms with Crippen molar-refractivity contribution >= 4 is 21.6 Å². The SMILES string of the molecule is Fc1cc(F)c(NC2CCCC(C3CC3)C2)cc1Br. The minimum absolute atomic E-state index is 0.311. The van der Waals surface area contributed by atoms with E-state index in [1.54, 1.807) is 0 Å². The minimum atomic E-state index is -0.553. The molecule has 1 N–H and O–H groups in total. The first-order chi connectivity index (χ1) is 9.13. The fourth-order valence-corrected chi connectivity index (χ4v) is 3.55. The molecule has 0 bridgehead atoms. The van der Waals surface area contributed by atoms with E-state index in [0.29, 0.717) is 16.2 Å². The Bertz CT molecular complexity index is 473. The third kappa shape index (κ3) is 3.10. The maximum atomic E-state index is 13.7. The molecule has 0 saturated heterocycles. The van der Waals surface area contributed by atoms with Gasteiger partial charge in [0.1, 0.15) is 11.6 Å². The molecule has 0 amide bonds. The number of benzene rings is 1. The normalized spacial score (nSPS) is 27.3. The summed E-state index contributed by atoms with van der Waals surface area (Å²) in [5.41, 5.74) is 0.412. The lowest BCUT2D eigenvalue weighted by Gasteiger charge is -2.30. The van der Waals surface area contributed by atoms with Gasteiger partial charge in [-0.15, -0.1) is 0 Å². The predicted octanol–water partition coefficient (Wildman–Crippen LogP) is 5.11. The van der Waals surface area contributed by atoms with Crippen molar-refractivity contribution in [1.82, 2.24) is 0 Å².